The largest absolute Gasteiger partial charge is 0.493 e. The molecule has 0 saturated carbocycles. The van der Waals surface area contributed by atoms with Crippen molar-refractivity contribution in [3.8, 4) is 17.2 Å². The van der Waals surface area contributed by atoms with Gasteiger partial charge in [0.05, 0.1) is 22.7 Å². The van der Waals surface area contributed by atoms with E-state index in [1.54, 1.807) is 12.1 Å². The summed E-state index contributed by atoms with van der Waals surface area (Å²) in [6.45, 7) is 0. The Labute approximate surface area is 73.3 Å². The summed E-state index contributed by atoms with van der Waals surface area (Å²) in [7, 11) is 4.58. The van der Waals surface area contributed by atoms with Crippen LogP contribution in [0.15, 0.2) is 18.2 Å². The SMILES string of the molecule is [2H]c1cc(OC)c(OC)c(OC)c1. The molecule has 0 bridgehead atoms. The molecule has 0 atom stereocenters. The quantitative estimate of drug-likeness (QED) is 0.689. The average molecular weight is 169 g/mol. The van der Waals surface area contributed by atoms with Crippen LogP contribution < -0.4 is 14.2 Å². The Balaban J connectivity index is 3.25. The third kappa shape index (κ3) is 1.44. The Hall–Kier alpha value is -1.38. The standard InChI is InChI=1S/C9H12O3/c1-10-7-5-4-6-8(11-2)9(7)12-3/h4-6H,1-3H3/i4D. The molecule has 0 heterocycles. The molecule has 0 aliphatic carbocycles. The zero-order valence-electron chi connectivity index (χ0n) is 8.38. The Kier molecular flexibility index (Phi) is 2.34. The summed E-state index contributed by atoms with van der Waals surface area (Å²) in [5.74, 6) is 1.53. The van der Waals surface area contributed by atoms with Crippen LogP contribution in [0.25, 0.3) is 0 Å². The molecule has 0 aromatic heterocycles. The van der Waals surface area contributed by atoms with Crippen LogP contribution in [0, 0.1) is 0 Å². The van der Waals surface area contributed by atoms with Gasteiger partial charge in [0.25, 0.3) is 0 Å². The van der Waals surface area contributed by atoms with Crippen LogP contribution in [-0.2, 0) is 0 Å². The van der Waals surface area contributed by atoms with Gasteiger partial charge in [-0.3, -0.25) is 0 Å². The minimum atomic E-state index is 0.328. The molecule has 0 unspecified atom stereocenters. The number of para-hydroxylation sites is 1. The first-order valence-electron chi connectivity index (χ1n) is 3.99. The highest BCUT2D eigenvalue weighted by Gasteiger charge is 2.08. The van der Waals surface area contributed by atoms with Crippen LogP contribution in [0.3, 0.4) is 0 Å². The molecular weight excluding hydrogens is 156 g/mol. The normalized spacial score (nSPS) is 10.4. The van der Waals surface area contributed by atoms with E-state index in [2.05, 4.69) is 0 Å². The molecular formula is C9H12O3. The molecule has 12 heavy (non-hydrogen) atoms. The highest BCUT2D eigenvalue weighted by Crippen LogP contribution is 2.35. The summed E-state index contributed by atoms with van der Waals surface area (Å²) < 4.78 is 22.6. The van der Waals surface area contributed by atoms with Crippen molar-refractivity contribution >= 4 is 0 Å². The Morgan fingerprint density at radius 2 is 1.50 bits per heavy atom. The summed E-state index contributed by atoms with van der Waals surface area (Å²) in [6, 6.07) is 3.47. The lowest BCUT2D eigenvalue weighted by atomic mass is 10.3. The second-order valence-electron chi connectivity index (χ2n) is 2.13. The Bertz CT molecular complexity index is 274. The summed E-state index contributed by atoms with van der Waals surface area (Å²) in [5.41, 5.74) is 0. The van der Waals surface area contributed by atoms with Gasteiger partial charge in [0.2, 0.25) is 5.75 Å². The fourth-order valence-electron chi connectivity index (χ4n) is 0.950. The van der Waals surface area contributed by atoms with Gasteiger partial charge in [-0.25, -0.2) is 0 Å². The maximum absolute atomic E-state index is 7.44. The van der Waals surface area contributed by atoms with Gasteiger partial charge in [0.1, 0.15) is 0 Å². The zero-order chi connectivity index (χ0) is 9.84. The maximum Gasteiger partial charge on any atom is 0.203 e. The predicted octanol–water partition coefficient (Wildman–Crippen LogP) is 1.71. The predicted molar refractivity (Wildman–Crippen MR) is 46.1 cm³/mol. The summed E-state index contributed by atoms with van der Waals surface area (Å²) in [6.07, 6.45) is 0. The van der Waals surface area contributed by atoms with Gasteiger partial charge in [-0.1, -0.05) is 6.04 Å². The number of ether oxygens (including phenoxy) is 3. The van der Waals surface area contributed by atoms with Crippen LogP contribution in [0.1, 0.15) is 1.37 Å². The molecule has 1 rings (SSSR count). The van der Waals surface area contributed by atoms with E-state index in [1.165, 1.54) is 21.3 Å². The second kappa shape index (κ2) is 3.85. The first-order valence-corrected chi connectivity index (χ1v) is 3.49. The lowest BCUT2D eigenvalue weighted by molar-refractivity contribution is 0.324. The molecule has 66 valence electrons. The van der Waals surface area contributed by atoms with Crippen LogP contribution >= 0.6 is 0 Å². The van der Waals surface area contributed by atoms with Gasteiger partial charge >= 0.3 is 0 Å². The van der Waals surface area contributed by atoms with Crippen LogP contribution in [0.5, 0.6) is 17.2 Å². The van der Waals surface area contributed by atoms with E-state index in [9.17, 15) is 0 Å². The van der Waals surface area contributed by atoms with Crippen molar-refractivity contribution in [3.63, 3.8) is 0 Å². The van der Waals surface area contributed by atoms with E-state index >= 15 is 0 Å². The molecule has 0 saturated heterocycles. The molecule has 0 aliphatic heterocycles. The van der Waals surface area contributed by atoms with E-state index < -0.39 is 0 Å². The van der Waals surface area contributed by atoms with Gasteiger partial charge in [-0.15, -0.1) is 0 Å². The number of methoxy groups -OCH3 is 3. The number of benzene rings is 1. The monoisotopic (exact) mass is 169 g/mol. The molecule has 3 heteroatoms. The van der Waals surface area contributed by atoms with Crippen molar-refractivity contribution in [3.05, 3.63) is 18.2 Å². The topological polar surface area (TPSA) is 27.7 Å². The first kappa shape index (κ1) is 7.28. The molecule has 0 fully saturated rings. The highest BCUT2D eigenvalue weighted by atomic mass is 16.5. The zero-order valence-corrected chi connectivity index (χ0v) is 7.38. The highest BCUT2D eigenvalue weighted by molar-refractivity contribution is 5.50. The molecule has 1 aromatic carbocycles. The third-order valence-electron chi connectivity index (χ3n) is 1.52. The number of hydrogen-bond acceptors (Lipinski definition) is 3. The van der Waals surface area contributed by atoms with Crippen molar-refractivity contribution in [1.82, 2.24) is 0 Å². The van der Waals surface area contributed by atoms with Gasteiger partial charge in [0, 0.05) is 0 Å². The Morgan fingerprint density at radius 1 is 1.00 bits per heavy atom. The lowest BCUT2D eigenvalue weighted by Crippen LogP contribution is -1.93. The van der Waals surface area contributed by atoms with E-state index in [4.69, 9.17) is 15.6 Å². The van der Waals surface area contributed by atoms with Gasteiger partial charge in [-0.2, -0.15) is 0 Å². The second-order valence-corrected chi connectivity index (χ2v) is 2.13. The van der Waals surface area contributed by atoms with E-state index in [1.807, 2.05) is 0 Å². The molecule has 0 N–H and O–H groups in total. The molecule has 0 amide bonds. The summed E-state index contributed by atoms with van der Waals surface area (Å²) in [4.78, 5) is 0. The third-order valence-corrected chi connectivity index (χ3v) is 1.52. The Morgan fingerprint density at radius 3 is 1.83 bits per heavy atom. The first-order chi connectivity index (χ1) is 6.22. The van der Waals surface area contributed by atoms with E-state index in [-0.39, 0.29) is 0 Å². The van der Waals surface area contributed by atoms with E-state index in [0.29, 0.717) is 23.3 Å². The van der Waals surface area contributed by atoms with Crippen molar-refractivity contribution < 1.29 is 15.6 Å². The minimum absolute atomic E-state index is 0.328. The fraction of sp³-hybridized carbons (Fsp3) is 0.333. The van der Waals surface area contributed by atoms with Crippen molar-refractivity contribution in [2.75, 3.05) is 21.3 Å². The van der Waals surface area contributed by atoms with Crippen LogP contribution in [0.4, 0.5) is 0 Å². The van der Waals surface area contributed by atoms with Crippen molar-refractivity contribution in [2.24, 2.45) is 0 Å². The fourth-order valence-corrected chi connectivity index (χ4v) is 0.950. The lowest BCUT2D eigenvalue weighted by Gasteiger charge is -2.10. The molecule has 0 radical (unpaired) electrons. The van der Waals surface area contributed by atoms with Crippen molar-refractivity contribution in [2.45, 2.75) is 0 Å². The average Bonchev–Trinajstić information content (AvgIpc) is 2.16. The molecule has 0 aliphatic rings. The van der Waals surface area contributed by atoms with Crippen LogP contribution in [0.2, 0.25) is 0 Å². The number of hydrogen-bond donors (Lipinski definition) is 0. The number of rotatable bonds is 3. The molecule has 0 spiro atoms. The van der Waals surface area contributed by atoms with Crippen LogP contribution in [-0.4, -0.2) is 21.3 Å². The van der Waals surface area contributed by atoms with Gasteiger partial charge < -0.3 is 14.2 Å². The van der Waals surface area contributed by atoms with Gasteiger partial charge in [0.15, 0.2) is 11.5 Å². The smallest absolute Gasteiger partial charge is 0.203 e. The maximum atomic E-state index is 7.44. The van der Waals surface area contributed by atoms with E-state index in [0.717, 1.165) is 0 Å². The van der Waals surface area contributed by atoms with Gasteiger partial charge in [-0.05, 0) is 12.1 Å². The summed E-state index contributed by atoms with van der Waals surface area (Å²) in [5, 5.41) is 0. The minimum Gasteiger partial charge on any atom is -0.493 e. The van der Waals surface area contributed by atoms with Crippen molar-refractivity contribution in [1.29, 1.82) is 0 Å². The summed E-state index contributed by atoms with van der Waals surface area (Å²) >= 11 is 0. The molecule has 3 nitrogen and oxygen atoms in total. The molecule has 1 aromatic rings.